The van der Waals surface area contributed by atoms with Crippen LogP contribution in [0.25, 0.3) is 11.1 Å². The van der Waals surface area contributed by atoms with Gasteiger partial charge in [-0.2, -0.15) is 13.2 Å². The molecule has 0 unspecified atom stereocenters. The van der Waals surface area contributed by atoms with Crippen LogP contribution in [-0.2, 0) is 22.8 Å². The number of carbonyl (C=O) groups excluding carboxylic acids is 2. The molecular weight excluding hydrogens is 601 g/mol. The minimum atomic E-state index is -4.86. The minimum Gasteiger partial charge on any atom is -0.481 e. The molecule has 0 radical (unpaired) electrons. The zero-order chi connectivity index (χ0) is 34.0. The van der Waals surface area contributed by atoms with Crippen LogP contribution in [-0.4, -0.2) is 33.5 Å². The predicted octanol–water partition coefficient (Wildman–Crippen LogP) is 5.75. The Kier molecular flexibility index (Phi) is 10.6. The summed E-state index contributed by atoms with van der Waals surface area (Å²) in [5.74, 6) is -6.45. The van der Waals surface area contributed by atoms with Crippen molar-refractivity contribution in [1.29, 1.82) is 0 Å². The summed E-state index contributed by atoms with van der Waals surface area (Å²) >= 11 is 0. The van der Waals surface area contributed by atoms with Gasteiger partial charge in [0.15, 0.2) is 11.6 Å². The third-order valence-electron chi connectivity index (χ3n) is 7.26. The summed E-state index contributed by atoms with van der Waals surface area (Å²) in [5, 5.41) is 14.3. The fraction of sp³-hybridized carbons (Fsp3) is 0.375. The first-order valence-corrected chi connectivity index (χ1v) is 14.0. The van der Waals surface area contributed by atoms with Crippen molar-refractivity contribution in [2.45, 2.75) is 65.7 Å². The van der Waals surface area contributed by atoms with Crippen molar-refractivity contribution >= 4 is 17.8 Å². The zero-order valence-electron chi connectivity index (χ0n) is 25.5. The van der Waals surface area contributed by atoms with Gasteiger partial charge >= 0.3 is 12.1 Å². The lowest BCUT2D eigenvalue weighted by molar-refractivity contribution is -0.143. The summed E-state index contributed by atoms with van der Waals surface area (Å²) in [4.78, 5) is 50.8. The summed E-state index contributed by atoms with van der Waals surface area (Å²) in [6.07, 6.45) is -5.75. The van der Waals surface area contributed by atoms with Crippen LogP contribution in [0.15, 0.2) is 41.2 Å². The molecule has 8 nitrogen and oxygen atoms in total. The number of carboxylic acid groups (broad SMARTS) is 1. The normalized spacial score (nSPS) is 13.0. The molecular formula is C32H34F5N3O5. The maximum Gasteiger partial charge on any atom is 0.431 e. The van der Waals surface area contributed by atoms with Crippen LogP contribution in [0.4, 0.5) is 22.0 Å². The van der Waals surface area contributed by atoms with E-state index in [2.05, 4.69) is 10.6 Å². The van der Waals surface area contributed by atoms with Gasteiger partial charge in [-0.05, 0) is 79.6 Å². The molecule has 0 aliphatic carbocycles. The first kappa shape index (κ1) is 34.9. The van der Waals surface area contributed by atoms with E-state index in [1.54, 1.807) is 27.7 Å². The van der Waals surface area contributed by atoms with Crippen molar-refractivity contribution in [3.63, 3.8) is 0 Å². The number of carboxylic acids is 1. The molecule has 3 aromatic rings. The van der Waals surface area contributed by atoms with Crippen LogP contribution in [0, 0.1) is 38.3 Å². The SMILES string of the molecule is Cc1cc(C)c(-c2cc(F)c(F)c([C@H](CC(=O)O)NC(=O)[C@H](CC(C)C)NC(=O)c3ccc(C(F)(F)F)n(C)c3=O)c2)c(C)c1. The number of alkyl halides is 3. The number of aryl methyl sites for hydroxylation is 3. The highest BCUT2D eigenvalue weighted by atomic mass is 19.4. The average molecular weight is 636 g/mol. The standard InChI is InChI=1S/C32H34F5N3O5/c1-15(2)9-24(39-29(43)20-7-8-25(32(35,36)37)40(6)31(20)45)30(44)38-23(14-26(41)42)21-12-19(13-22(33)28(21)34)27-17(4)10-16(3)11-18(27)5/h7-8,10-13,15,23-24H,9,14H2,1-6H3,(H,38,44)(H,39,43)(H,41,42)/t23-,24-/m0/s1. The molecule has 1 heterocycles. The minimum absolute atomic E-state index is 0.0447. The Bertz CT molecular complexity index is 1670. The van der Waals surface area contributed by atoms with Crippen LogP contribution < -0.4 is 16.2 Å². The monoisotopic (exact) mass is 635 g/mol. The van der Waals surface area contributed by atoms with Gasteiger partial charge in [0, 0.05) is 12.6 Å². The van der Waals surface area contributed by atoms with Gasteiger partial charge in [0.2, 0.25) is 5.91 Å². The van der Waals surface area contributed by atoms with Gasteiger partial charge < -0.3 is 20.3 Å². The number of aromatic nitrogens is 1. The predicted molar refractivity (Wildman–Crippen MR) is 157 cm³/mol. The molecule has 3 rings (SSSR count). The number of carbonyl (C=O) groups is 3. The Hall–Kier alpha value is -4.55. The zero-order valence-corrected chi connectivity index (χ0v) is 25.5. The fourth-order valence-corrected chi connectivity index (χ4v) is 5.36. The Morgan fingerprint density at radius 2 is 1.56 bits per heavy atom. The lowest BCUT2D eigenvalue weighted by Crippen LogP contribution is -2.49. The molecule has 0 spiro atoms. The number of benzene rings is 2. The lowest BCUT2D eigenvalue weighted by atomic mass is 9.90. The van der Waals surface area contributed by atoms with E-state index in [1.165, 1.54) is 6.07 Å². The number of hydrogen-bond donors (Lipinski definition) is 3. The second-order valence-electron chi connectivity index (χ2n) is 11.4. The van der Waals surface area contributed by atoms with Crippen molar-refractivity contribution in [2.24, 2.45) is 13.0 Å². The van der Waals surface area contributed by atoms with Crippen molar-refractivity contribution in [1.82, 2.24) is 15.2 Å². The molecule has 2 atom stereocenters. The molecule has 0 saturated heterocycles. The van der Waals surface area contributed by atoms with E-state index < -0.39 is 76.5 Å². The van der Waals surface area contributed by atoms with Gasteiger partial charge in [-0.15, -0.1) is 0 Å². The number of amides is 2. The largest absolute Gasteiger partial charge is 0.481 e. The molecule has 0 aliphatic rings. The van der Waals surface area contributed by atoms with E-state index in [9.17, 15) is 41.8 Å². The molecule has 45 heavy (non-hydrogen) atoms. The third-order valence-corrected chi connectivity index (χ3v) is 7.26. The maximum absolute atomic E-state index is 15.2. The molecule has 2 aromatic carbocycles. The van der Waals surface area contributed by atoms with E-state index in [-0.39, 0.29) is 22.5 Å². The van der Waals surface area contributed by atoms with Gasteiger partial charge in [0.05, 0.1) is 12.5 Å². The molecule has 2 amide bonds. The Labute approximate surface area is 256 Å². The van der Waals surface area contributed by atoms with E-state index in [0.717, 1.165) is 29.8 Å². The molecule has 0 bridgehead atoms. The highest BCUT2D eigenvalue weighted by Crippen LogP contribution is 2.34. The van der Waals surface area contributed by atoms with Crippen molar-refractivity contribution in [3.05, 3.63) is 91.9 Å². The molecule has 3 N–H and O–H groups in total. The second kappa shape index (κ2) is 13.6. The van der Waals surface area contributed by atoms with Gasteiger partial charge in [-0.25, -0.2) is 8.78 Å². The highest BCUT2D eigenvalue weighted by molar-refractivity contribution is 5.97. The fourth-order valence-electron chi connectivity index (χ4n) is 5.36. The van der Waals surface area contributed by atoms with Crippen LogP contribution in [0.2, 0.25) is 0 Å². The summed E-state index contributed by atoms with van der Waals surface area (Å²) < 4.78 is 70.1. The van der Waals surface area contributed by atoms with Crippen LogP contribution in [0.5, 0.6) is 0 Å². The quantitative estimate of drug-likeness (QED) is 0.245. The summed E-state index contributed by atoms with van der Waals surface area (Å²) in [6, 6.07) is 4.19. The van der Waals surface area contributed by atoms with E-state index in [1.807, 2.05) is 19.1 Å². The number of nitrogens with one attached hydrogen (secondary N) is 2. The van der Waals surface area contributed by atoms with Gasteiger partial charge in [0.1, 0.15) is 17.3 Å². The van der Waals surface area contributed by atoms with Crippen LogP contribution in [0.3, 0.4) is 0 Å². The molecule has 1 aromatic heterocycles. The van der Waals surface area contributed by atoms with Gasteiger partial charge in [-0.3, -0.25) is 19.2 Å². The first-order chi connectivity index (χ1) is 20.8. The van der Waals surface area contributed by atoms with Crippen molar-refractivity contribution in [2.75, 3.05) is 0 Å². The number of aliphatic carboxylic acids is 1. The van der Waals surface area contributed by atoms with Gasteiger partial charge in [0.25, 0.3) is 11.5 Å². The molecule has 0 saturated carbocycles. The van der Waals surface area contributed by atoms with Gasteiger partial charge in [-0.1, -0.05) is 31.5 Å². The number of rotatable bonds is 10. The van der Waals surface area contributed by atoms with Crippen molar-refractivity contribution < 1.29 is 41.4 Å². The number of hydrogen-bond acceptors (Lipinski definition) is 4. The molecule has 13 heteroatoms. The lowest BCUT2D eigenvalue weighted by Gasteiger charge is -2.25. The number of pyridine rings is 1. The number of nitrogens with zero attached hydrogens (tertiary/aromatic N) is 1. The first-order valence-electron chi connectivity index (χ1n) is 14.0. The summed E-state index contributed by atoms with van der Waals surface area (Å²) in [5.41, 5.74) is -0.326. The topological polar surface area (TPSA) is 118 Å². The summed E-state index contributed by atoms with van der Waals surface area (Å²) in [6.45, 7) is 8.85. The Morgan fingerprint density at radius 1 is 0.956 bits per heavy atom. The van der Waals surface area contributed by atoms with Crippen LogP contribution >= 0.6 is 0 Å². The Morgan fingerprint density at radius 3 is 2.09 bits per heavy atom. The average Bonchev–Trinajstić information content (AvgIpc) is 2.89. The summed E-state index contributed by atoms with van der Waals surface area (Å²) in [7, 11) is 0.845. The number of halogens is 5. The van der Waals surface area contributed by atoms with E-state index in [4.69, 9.17) is 0 Å². The second-order valence-corrected chi connectivity index (χ2v) is 11.4. The van der Waals surface area contributed by atoms with E-state index >= 15 is 4.39 Å². The third kappa shape index (κ3) is 8.14. The molecule has 0 fully saturated rings. The van der Waals surface area contributed by atoms with Crippen molar-refractivity contribution in [3.8, 4) is 11.1 Å². The highest BCUT2D eigenvalue weighted by Gasteiger charge is 2.35. The smallest absolute Gasteiger partial charge is 0.431 e. The maximum atomic E-state index is 15.2. The van der Waals surface area contributed by atoms with Crippen LogP contribution in [0.1, 0.15) is 71.0 Å². The Balaban J connectivity index is 2.01. The molecule has 242 valence electrons. The molecule has 0 aliphatic heterocycles. The van der Waals surface area contributed by atoms with E-state index in [0.29, 0.717) is 17.7 Å².